The zero-order chi connectivity index (χ0) is 13.4. The van der Waals surface area contributed by atoms with Crippen molar-refractivity contribution in [3.05, 3.63) is 29.6 Å². The van der Waals surface area contributed by atoms with Crippen molar-refractivity contribution in [2.75, 3.05) is 11.4 Å². The maximum atomic E-state index is 13.7. The Kier molecular flexibility index (Phi) is 3.32. The summed E-state index contributed by atoms with van der Waals surface area (Å²) in [6.45, 7) is 3.87. The number of hydrogen-bond donors (Lipinski definition) is 0. The van der Waals surface area contributed by atoms with Gasteiger partial charge in [0.1, 0.15) is 5.78 Å². The lowest BCUT2D eigenvalue weighted by atomic mass is 9.90. The number of anilines is 1. The zero-order valence-electron chi connectivity index (χ0n) is 10.2. The minimum Gasteiger partial charge on any atom is -0.365 e. The molecule has 1 heterocycles. The van der Waals surface area contributed by atoms with Gasteiger partial charge in [-0.05, 0) is 19.1 Å². The Morgan fingerprint density at radius 2 is 1.83 bits per heavy atom. The molecule has 2 nitrogen and oxygen atoms in total. The molecule has 1 aromatic rings. The molecule has 0 aliphatic carbocycles. The molecule has 0 radical (unpaired) electrons. The van der Waals surface area contributed by atoms with Crippen molar-refractivity contribution in [3.8, 4) is 0 Å². The molecule has 1 aliphatic heterocycles. The fourth-order valence-electron chi connectivity index (χ4n) is 2.28. The van der Waals surface area contributed by atoms with Crippen LogP contribution in [0.4, 0.5) is 18.9 Å². The number of carbonyl (C=O) groups is 1. The van der Waals surface area contributed by atoms with E-state index in [1.165, 1.54) is 6.07 Å². The van der Waals surface area contributed by atoms with Gasteiger partial charge in [-0.15, -0.1) is 0 Å². The molecule has 98 valence electrons. The van der Waals surface area contributed by atoms with Crippen LogP contribution in [0.5, 0.6) is 0 Å². The molecule has 1 saturated heterocycles. The SMILES string of the molecule is CC1C(=O)CCN(c2ccc(F)c(F)c2F)C1C. The standard InChI is InChI=1S/C13H14F3NO/c1-7-8(2)17(6-5-11(7)18)10-4-3-9(14)12(15)13(10)16/h3-4,7-8H,5-6H2,1-2H3. The Morgan fingerprint density at radius 1 is 1.17 bits per heavy atom. The van der Waals surface area contributed by atoms with E-state index >= 15 is 0 Å². The maximum Gasteiger partial charge on any atom is 0.196 e. The van der Waals surface area contributed by atoms with E-state index in [1.54, 1.807) is 18.7 Å². The summed E-state index contributed by atoms with van der Waals surface area (Å²) in [7, 11) is 0. The highest BCUT2D eigenvalue weighted by atomic mass is 19.2. The molecule has 0 aromatic heterocycles. The third-order valence-electron chi connectivity index (χ3n) is 3.65. The van der Waals surface area contributed by atoms with E-state index in [4.69, 9.17) is 0 Å². The molecule has 1 aliphatic rings. The van der Waals surface area contributed by atoms with Crippen LogP contribution in [0.2, 0.25) is 0 Å². The Bertz CT molecular complexity index is 489. The zero-order valence-corrected chi connectivity index (χ0v) is 10.2. The summed E-state index contributed by atoms with van der Waals surface area (Å²) >= 11 is 0. The van der Waals surface area contributed by atoms with Crippen molar-refractivity contribution in [1.29, 1.82) is 0 Å². The van der Waals surface area contributed by atoms with Gasteiger partial charge in [0.15, 0.2) is 17.5 Å². The third kappa shape index (κ3) is 1.98. The summed E-state index contributed by atoms with van der Waals surface area (Å²) in [6.07, 6.45) is 0.296. The summed E-state index contributed by atoms with van der Waals surface area (Å²) in [5.41, 5.74) is 0.0146. The largest absolute Gasteiger partial charge is 0.365 e. The van der Waals surface area contributed by atoms with Crippen LogP contribution < -0.4 is 4.90 Å². The second-order valence-electron chi connectivity index (χ2n) is 4.63. The van der Waals surface area contributed by atoms with E-state index in [1.807, 2.05) is 0 Å². The van der Waals surface area contributed by atoms with Crippen molar-refractivity contribution in [2.24, 2.45) is 5.92 Å². The number of benzene rings is 1. The topological polar surface area (TPSA) is 20.3 Å². The fraction of sp³-hybridized carbons (Fsp3) is 0.462. The van der Waals surface area contributed by atoms with Crippen molar-refractivity contribution in [2.45, 2.75) is 26.3 Å². The van der Waals surface area contributed by atoms with Gasteiger partial charge in [0.2, 0.25) is 0 Å². The molecule has 0 bridgehead atoms. The number of Topliss-reactive ketones (excluding diaryl/α,β-unsaturated/α-hetero) is 1. The number of ketones is 1. The summed E-state index contributed by atoms with van der Waals surface area (Å²) in [6, 6.07) is 1.89. The van der Waals surface area contributed by atoms with Crippen molar-refractivity contribution in [1.82, 2.24) is 0 Å². The normalized spacial score (nSPS) is 24.5. The molecule has 2 rings (SSSR count). The molecule has 2 atom stereocenters. The van der Waals surface area contributed by atoms with Crippen LogP contribution in [-0.4, -0.2) is 18.4 Å². The minimum absolute atomic E-state index is 0.0146. The van der Waals surface area contributed by atoms with Gasteiger partial charge >= 0.3 is 0 Å². The molecule has 5 heteroatoms. The van der Waals surface area contributed by atoms with Gasteiger partial charge in [0, 0.05) is 24.9 Å². The minimum atomic E-state index is -1.47. The van der Waals surface area contributed by atoms with Gasteiger partial charge in [-0.25, -0.2) is 13.2 Å². The highest BCUT2D eigenvalue weighted by Crippen LogP contribution is 2.30. The average Bonchev–Trinajstić information content (AvgIpc) is 2.35. The van der Waals surface area contributed by atoms with E-state index in [0.717, 1.165) is 6.07 Å². The second-order valence-corrected chi connectivity index (χ2v) is 4.63. The Balaban J connectivity index is 2.38. The van der Waals surface area contributed by atoms with E-state index in [-0.39, 0.29) is 23.4 Å². The van der Waals surface area contributed by atoms with Gasteiger partial charge in [-0.1, -0.05) is 6.92 Å². The summed E-state index contributed by atoms with van der Waals surface area (Å²) < 4.78 is 39.8. The van der Waals surface area contributed by atoms with Gasteiger partial charge in [-0.3, -0.25) is 4.79 Å². The molecule has 0 spiro atoms. The quantitative estimate of drug-likeness (QED) is 0.721. The molecule has 1 aromatic carbocycles. The third-order valence-corrected chi connectivity index (χ3v) is 3.65. The number of rotatable bonds is 1. The van der Waals surface area contributed by atoms with Gasteiger partial charge < -0.3 is 4.90 Å². The predicted octanol–water partition coefficient (Wildman–Crippen LogP) is 2.91. The average molecular weight is 257 g/mol. The van der Waals surface area contributed by atoms with Crippen molar-refractivity contribution < 1.29 is 18.0 Å². The highest BCUT2D eigenvalue weighted by Gasteiger charge is 2.32. The number of carbonyl (C=O) groups excluding carboxylic acids is 1. The fourth-order valence-corrected chi connectivity index (χ4v) is 2.28. The maximum absolute atomic E-state index is 13.7. The van der Waals surface area contributed by atoms with Crippen LogP contribution in [0.15, 0.2) is 12.1 Å². The summed E-state index contributed by atoms with van der Waals surface area (Å²) in [5, 5.41) is 0. The molecular weight excluding hydrogens is 243 g/mol. The predicted molar refractivity (Wildman–Crippen MR) is 61.9 cm³/mol. The first-order valence-corrected chi connectivity index (χ1v) is 5.86. The van der Waals surface area contributed by atoms with Crippen LogP contribution >= 0.6 is 0 Å². The number of halogens is 3. The number of piperidine rings is 1. The molecule has 0 saturated carbocycles. The van der Waals surface area contributed by atoms with Crippen LogP contribution in [-0.2, 0) is 4.79 Å². The first kappa shape index (κ1) is 12.9. The number of nitrogens with zero attached hydrogens (tertiary/aromatic N) is 1. The van der Waals surface area contributed by atoms with E-state index in [2.05, 4.69) is 0 Å². The van der Waals surface area contributed by atoms with Crippen LogP contribution in [0.1, 0.15) is 20.3 Å². The van der Waals surface area contributed by atoms with Gasteiger partial charge in [-0.2, -0.15) is 0 Å². The van der Waals surface area contributed by atoms with E-state index < -0.39 is 17.5 Å². The van der Waals surface area contributed by atoms with Gasteiger partial charge in [0.05, 0.1) is 5.69 Å². The summed E-state index contributed by atoms with van der Waals surface area (Å²) in [5.74, 6) is -3.99. The van der Waals surface area contributed by atoms with Crippen LogP contribution in [0.3, 0.4) is 0 Å². The Hall–Kier alpha value is -1.52. The second kappa shape index (κ2) is 4.63. The first-order chi connectivity index (χ1) is 8.43. The molecular formula is C13H14F3NO. The lowest BCUT2D eigenvalue weighted by Gasteiger charge is -2.38. The first-order valence-electron chi connectivity index (χ1n) is 5.86. The molecule has 0 N–H and O–H groups in total. The molecule has 18 heavy (non-hydrogen) atoms. The lowest BCUT2D eigenvalue weighted by Crippen LogP contribution is -2.47. The summed E-state index contributed by atoms with van der Waals surface area (Å²) in [4.78, 5) is 13.1. The Labute approximate surface area is 103 Å². The van der Waals surface area contributed by atoms with Crippen molar-refractivity contribution >= 4 is 11.5 Å². The van der Waals surface area contributed by atoms with Crippen LogP contribution in [0.25, 0.3) is 0 Å². The number of hydrogen-bond acceptors (Lipinski definition) is 2. The lowest BCUT2D eigenvalue weighted by molar-refractivity contribution is -0.123. The molecule has 1 fully saturated rings. The van der Waals surface area contributed by atoms with Crippen LogP contribution in [0, 0.1) is 23.4 Å². The smallest absolute Gasteiger partial charge is 0.196 e. The molecule has 2 unspecified atom stereocenters. The van der Waals surface area contributed by atoms with E-state index in [9.17, 15) is 18.0 Å². The van der Waals surface area contributed by atoms with Gasteiger partial charge in [0.25, 0.3) is 0 Å². The molecule has 0 amide bonds. The highest BCUT2D eigenvalue weighted by molar-refractivity contribution is 5.84. The Morgan fingerprint density at radius 3 is 2.50 bits per heavy atom. The van der Waals surface area contributed by atoms with E-state index in [0.29, 0.717) is 13.0 Å². The van der Waals surface area contributed by atoms with Crippen molar-refractivity contribution in [3.63, 3.8) is 0 Å². The monoisotopic (exact) mass is 257 g/mol.